The Morgan fingerprint density at radius 3 is 2.26 bits per heavy atom. The number of aromatic amines is 1. The van der Waals surface area contributed by atoms with Gasteiger partial charge in [-0.15, -0.1) is 11.3 Å². The third-order valence-corrected chi connectivity index (χ3v) is 6.37. The number of alkyl halides is 3. The fraction of sp³-hybridized carbons (Fsp3) is 0.304. The average molecular weight is 508 g/mol. The van der Waals surface area contributed by atoms with Gasteiger partial charge < -0.3 is 4.90 Å². The summed E-state index contributed by atoms with van der Waals surface area (Å²) in [6, 6.07) is 7.26. The molecule has 0 fully saturated rings. The van der Waals surface area contributed by atoms with Gasteiger partial charge in [0.2, 0.25) is 0 Å². The van der Waals surface area contributed by atoms with Gasteiger partial charge in [0.05, 0.1) is 32.3 Å². The van der Waals surface area contributed by atoms with E-state index in [9.17, 15) is 27.6 Å². The molecule has 12 heteroatoms. The number of amides is 2. The molecule has 35 heavy (non-hydrogen) atoms. The number of nitrogens with one attached hydrogen (secondary N) is 2. The fourth-order valence-electron chi connectivity index (χ4n) is 3.44. The Morgan fingerprint density at radius 2 is 1.69 bits per heavy atom. The standard InChI is InChI=1S/C23H24F3N5O3S/c1-5-30(6-2)21(33)18-12-11-17(35-18)20(32)28-27-13(3)19-14(4)29-31(22(19)34)16-9-7-15(8-10-16)23(24,25)26/h7-12,29H,5-6H2,1-4H3,(H,28,32). The van der Waals surface area contributed by atoms with Crippen molar-refractivity contribution in [2.75, 3.05) is 13.1 Å². The van der Waals surface area contributed by atoms with E-state index < -0.39 is 23.2 Å². The Bertz CT molecular complexity index is 1320. The van der Waals surface area contributed by atoms with Gasteiger partial charge in [-0.05, 0) is 64.1 Å². The normalized spacial score (nSPS) is 12.0. The van der Waals surface area contributed by atoms with Gasteiger partial charge in [0.15, 0.2) is 0 Å². The number of thiophene rings is 1. The van der Waals surface area contributed by atoms with Gasteiger partial charge in [0.1, 0.15) is 0 Å². The Kier molecular flexibility index (Phi) is 7.64. The van der Waals surface area contributed by atoms with Crippen molar-refractivity contribution >= 4 is 28.9 Å². The summed E-state index contributed by atoms with van der Waals surface area (Å²) in [6.45, 7) is 7.99. The molecule has 3 rings (SSSR count). The zero-order valence-corrected chi connectivity index (χ0v) is 20.3. The van der Waals surface area contributed by atoms with Gasteiger partial charge in [0.25, 0.3) is 17.4 Å². The van der Waals surface area contributed by atoms with Crippen LogP contribution in [0.5, 0.6) is 0 Å². The lowest BCUT2D eigenvalue weighted by Crippen LogP contribution is -2.29. The lowest BCUT2D eigenvalue weighted by Gasteiger charge is -2.17. The number of rotatable bonds is 7. The number of halogens is 3. The lowest BCUT2D eigenvalue weighted by molar-refractivity contribution is -0.137. The number of aryl methyl sites for hydroxylation is 1. The first-order chi connectivity index (χ1) is 16.5. The summed E-state index contributed by atoms with van der Waals surface area (Å²) in [5.41, 5.74) is 2.06. The molecule has 0 aliphatic heterocycles. The second kappa shape index (κ2) is 10.3. The maximum Gasteiger partial charge on any atom is 0.416 e. The summed E-state index contributed by atoms with van der Waals surface area (Å²) in [5, 5.41) is 6.83. The van der Waals surface area contributed by atoms with E-state index in [1.165, 1.54) is 25.1 Å². The van der Waals surface area contributed by atoms with Crippen molar-refractivity contribution in [3.8, 4) is 5.69 Å². The number of aromatic nitrogens is 2. The highest BCUT2D eigenvalue weighted by Crippen LogP contribution is 2.29. The number of nitrogens with zero attached hydrogens (tertiary/aromatic N) is 3. The number of carbonyl (C=O) groups is 2. The van der Waals surface area contributed by atoms with Crippen LogP contribution in [-0.4, -0.2) is 45.3 Å². The van der Waals surface area contributed by atoms with Crippen molar-refractivity contribution in [2.24, 2.45) is 5.10 Å². The first kappa shape index (κ1) is 25.9. The molecule has 0 saturated carbocycles. The topological polar surface area (TPSA) is 99.6 Å². The van der Waals surface area contributed by atoms with Crippen LogP contribution in [0.2, 0.25) is 0 Å². The summed E-state index contributed by atoms with van der Waals surface area (Å²) in [4.78, 5) is 40.2. The maximum absolute atomic E-state index is 12.9. The number of hydrazone groups is 1. The molecule has 0 bridgehead atoms. The summed E-state index contributed by atoms with van der Waals surface area (Å²) >= 11 is 1.04. The lowest BCUT2D eigenvalue weighted by atomic mass is 10.2. The van der Waals surface area contributed by atoms with Crippen LogP contribution in [0, 0.1) is 6.92 Å². The third-order valence-electron chi connectivity index (χ3n) is 5.30. The van der Waals surface area contributed by atoms with Gasteiger partial charge in [-0.25, -0.2) is 10.1 Å². The SMILES string of the molecule is CCN(CC)C(=O)c1ccc(C(=O)NN=C(C)c2c(C)[nH]n(-c3ccc(C(F)(F)F)cc3)c2=O)s1. The number of H-pyrrole nitrogens is 1. The predicted molar refractivity (Wildman–Crippen MR) is 127 cm³/mol. The van der Waals surface area contributed by atoms with Crippen molar-refractivity contribution in [3.63, 3.8) is 0 Å². The molecule has 2 amide bonds. The molecule has 0 spiro atoms. The van der Waals surface area contributed by atoms with E-state index in [1.54, 1.807) is 17.9 Å². The molecule has 186 valence electrons. The van der Waals surface area contributed by atoms with Crippen molar-refractivity contribution in [2.45, 2.75) is 33.9 Å². The molecule has 0 unspecified atom stereocenters. The van der Waals surface area contributed by atoms with E-state index in [1.807, 2.05) is 13.8 Å². The maximum atomic E-state index is 12.9. The summed E-state index contributed by atoms with van der Waals surface area (Å²) in [7, 11) is 0. The minimum absolute atomic E-state index is 0.162. The van der Waals surface area contributed by atoms with Crippen molar-refractivity contribution in [3.05, 3.63) is 73.3 Å². The van der Waals surface area contributed by atoms with E-state index in [4.69, 9.17) is 0 Å². The van der Waals surface area contributed by atoms with Crippen molar-refractivity contribution in [1.82, 2.24) is 20.1 Å². The number of hydrogen-bond acceptors (Lipinski definition) is 5. The van der Waals surface area contributed by atoms with E-state index in [0.29, 0.717) is 23.7 Å². The van der Waals surface area contributed by atoms with Crippen LogP contribution < -0.4 is 11.0 Å². The largest absolute Gasteiger partial charge is 0.416 e. The molecule has 1 aromatic carbocycles. The molecule has 2 aromatic heterocycles. The van der Waals surface area contributed by atoms with E-state index in [0.717, 1.165) is 28.2 Å². The molecule has 0 saturated heterocycles. The highest BCUT2D eigenvalue weighted by Gasteiger charge is 2.30. The second-order valence-corrected chi connectivity index (χ2v) is 8.66. The predicted octanol–water partition coefficient (Wildman–Crippen LogP) is 4.19. The number of carbonyl (C=O) groups excluding carboxylic acids is 2. The van der Waals surface area contributed by atoms with Crippen LogP contribution in [0.4, 0.5) is 13.2 Å². The van der Waals surface area contributed by atoms with Crippen LogP contribution >= 0.6 is 11.3 Å². The second-order valence-electron chi connectivity index (χ2n) is 7.58. The molecule has 0 aliphatic carbocycles. The van der Waals surface area contributed by atoms with Crippen LogP contribution in [0.25, 0.3) is 5.69 Å². The molecular formula is C23H24F3N5O3S. The van der Waals surface area contributed by atoms with Crippen molar-refractivity contribution < 1.29 is 22.8 Å². The summed E-state index contributed by atoms with van der Waals surface area (Å²) < 4.78 is 39.5. The first-order valence-corrected chi connectivity index (χ1v) is 11.5. The van der Waals surface area contributed by atoms with Gasteiger partial charge in [-0.2, -0.15) is 18.3 Å². The molecular weight excluding hydrogens is 483 g/mol. The molecule has 2 heterocycles. The highest BCUT2D eigenvalue weighted by molar-refractivity contribution is 7.15. The van der Waals surface area contributed by atoms with Crippen LogP contribution in [0.1, 0.15) is 56.9 Å². The minimum Gasteiger partial charge on any atom is -0.339 e. The average Bonchev–Trinajstić information content (AvgIpc) is 3.42. The molecule has 3 aromatic rings. The Labute approximate surface area is 203 Å². The summed E-state index contributed by atoms with van der Waals surface area (Å²) in [5.74, 6) is -0.699. The molecule has 2 N–H and O–H groups in total. The van der Waals surface area contributed by atoms with Crippen molar-refractivity contribution in [1.29, 1.82) is 0 Å². The molecule has 8 nitrogen and oxygen atoms in total. The van der Waals surface area contributed by atoms with Gasteiger partial charge >= 0.3 is 6.18 Å². The highest BCUT2D eigenvalue weighted by atomic mass is 32.1. The Hall–Kier alpha value is -3.67. The number of hydrogen-bond donors (Lipinski definition) is 2. The quantitative estimate of drug-likeness (QED) is 0.371. The minimum atomic E-state index is -4.48. The molecule has 0 atom stereocenters. The molecule has 0 radical (unpaired) electrons. The van der Waals surface area contributed by atoms with Gasteiger partial charge in [-0.3, -0.25) is 19.5 Å². The zero-order valence-electron chi connectivity index (χ0n) is 19.5. The summed E-state index contributed by atoms with van der Waals surface area (Å²) in [6.07, 6.45) is -4.48. The van der Waals surface area contributed by atoms with E-state index >= 15 is 0 Å². The van der Waals surface area contributed by atoms with Gasteiger partial charge in [0, 0.05) is 18.8 Å². The Morgan fingerprint density at radius 1 is 1.09 bits per heavy atom. The smallest absolute Gasteiger partial charge is 0.339 e. The monoisotopic (exact) mass is 507 g/mol. The fourth-order valence-corrected chi connectivity index (χ4v) is 4.30. The van der Waals surface area contributed by atoms with Crippen LogP contribution in [-0.2, 0) is 6.18 Å². The van der Waals surface area contributed by atoms with Crippen LogP contribution in [0.15, 0.2) is 46.3 Å². The third kappa shape index (κ3) is 5.53. The Balaban J connectivity index is 1.79. The first-order valence-electron chi connectivity index (χ1n) is 10.7. The number of benzene rings is 1. The van der Waals surface area contributed by atoms with E-state index in [2.05, 4.69) is 15.6 Å². The van der Waals surface area contributed by atoms with Crippen LogP contribution in [0.3, 0.4) is 0 Å². The molecule has 0 aliphatic rings. The van der Waals surface area contributed by atoms with E-state index in [-0.39, 0.29) is 27.7 Å². The zero-order chi connectivity index (χ0) is 25.9. The van der Waals surface area contributed by atoms with Gasteiger partial charge in [-0.1, -0.05) is 0 Å².